The van der Waals surface area contributed by atoms with Crippen molar-refractivity contribution in [3.8, 4) is 11.5 Å². The normalized spacial score (nSPS) is 13.7. The molecule has 4 nitrogen and oxygen atoms in total. The molecule has 0 aliphatic carbocycles. The fourth-order valence-corrected chi connectivity index (χ4v) is 6.88. The van der Waals surface area contributed by atoms with Gasteiger partial charge in [-0.3, -0.25) is 0 Å². The Bertz CT molecular complexity index is 1050. The fourth-order valence-electron chi connectivity index (χ4n) is 3.34. The predicted molar refractivity (Wildman–Crippen MR) is 134 cm³/mol. The first-order valence-electron chi connectivity index (χ1n) is 7.91. The average Bonchev–Trinajstić information content (AvgIpc) is 2.97. The Kier molecular flexibility index (Phi) is 10.2. The van der Waals surface area contributed by atoms with Gasteiger partial charge in [-0.1, -0.05) is 29.7 Å². The number of cyclic esters (lactones) is 1. The summed E-state index contributed by atoms with van der Waals surface area (Å²) in [5, 5.41) is 24.5. The molecule has 0 N–H and O–H groups in total. The van der Waals surface area contributed by atoms with E-state index in [0.29, 0.717) is 36.5 Å². The van der Waals surface area contributed by atoms with Gasteiger partial charge in [0, 0.05) is 31.0 Å². The Morgan fingerprint density at radius 2 is 1.13 bits per heavy atom. The van der Waals surface area contributed by atoms with Crippen molar-refractivity contribution < 1.29 is 78.9 Å². The van der Waals surface area contributed by atoms with Crippen LogP contribution in [-0.2, 0) is 10.3 Å². The van der Waals surface area contributed by atoms with Crippen LogP contribution in [0.1, 0.15) is 27.0 Å². The summed E-state index contributed by atoms with van der Waals surface area (Å²) < 4.78 is 8.22. The average molecular weight is 866 g/mol. The van der Waals surface area contributed by atoms with E-state index in [1.807, 2.05) is 102 Å². The molecule has 1 aliphatic rings. The van der Waals surface area contributed by atoms with Crippen LogP contribution in [-0.4, -0.2) is 5.97 Å². The molecule has 1 heterocycles. The molecule has 0 bridgehead atoms. The number of carbonyl (C=O) groups excluding carboxylic acids is 1. The molecule has 3 aromatic rings. The van der Waals surface area contributed by atoms with E-state index in [-0.39, 0.29) is 70.6 Å². The van der Waals surface area contributed by atoms with Crippen molar-refractivity contribution in [2.24, 2.45) is 0 Å². The molecular weight excluding hydrogens is 858 g/mol. The molecule has 4 rings (SSSR count). The summed E-state index contributed by atoms with van der Waals surface area (Å²) in [6.07, 6.45) is 0. The van der Waals surface area contributed by atoms with Crippen LogP contribution in [0.2, 0.25) is 0 Å². The predicted octanol–water partition coefficient (Wildman–Crippen LogP) is -1.28. The number of esters is 1. The van der Waals surface area contributed by atoms with Crippen LogP contribution >= 0.6 is 90.4 Å². The van der Waals surface area contributed by atoms with Crippen molar-refractivity contribution in [1.82, 2.24) is 0 Å². The first-order valence-corrected chi connectivity index (χ1v) is 12.2. The van der Waals surface area contributed by atoms with Crippen LogP contribution in [0.5, 0.6) is 11.5 Å². The number of hydrogen-bond acceptors (Lipinski definition) is 4. The zero-order chi connectivity index (χ0) is 20.2. The van der Waals surface area contributed by atoms with Gasteiger partial charge in [0.15, 0.2) is 5.60 Å². The van der Waals surface area contributed by atoms with Gasteiger partial charge >= 0.3 is 65.1 Å². The number of halogens is 4. The second-order valence-corrected chi connectivity index (χ2v) is 10.8. The zero-order valence-electron chi connectivity index (χ0n) is 15.8. The van der Waals surface area contributed by atoms with Crippen molar-refractivity contribution >= 4 is 96.3 Å². The second-order valence-electron chi connectivity index (χ2n) is 6.15. The monoisotopic (exact) mass is 866 g/mol. The molecule has 0 unspecified atom stereocenters. The van der Waals surface area contributed by atoms with Gasteiger partial charge in [-0.2, -0.15) is 0 Å². The number of carbonyl (C=O) groups is 1. The molecule has 1 aliphatic heterocycles. The summed E-state index contributed by atoms with van der Waals surface area (Å²) >= 11 is 8.00. The molecule has 0 saturated carbocycles. The minimum atomic E-state index is -1.21. The molecule has 10 heteroatoms. The van der Waals surface area contributed by atoms with Gasteiger partial charge in [0.2, 0.25) is 0 Å². The number of ether oxygens (including phenoxy) is 1. The van der Waals surface area contributed by atoms with Crippen molar-refractivity contribution in [1.29, 1.82) is 0 Å². The summed E-state index contributed by atoms with van der Waals surface area (Å²) in [4.78, 5) is 12.7. The maximum Gasteiger partial charge on any atom is 1.00 e. The molecule has 142 valence electrons. The molecule has 0 radical (unpaired) electrons. The van der Waals surface area contributed by atoms with Crippen LogP contribution < -0.4 is 69.3 Å². The molecule has 30 heavy (non-hydrogen) atoms. The Hall–Kier alpha value is 1.65. The standard InChI is InChI=1S/C20H10I4O4.2Na/c21-13-5-9(6-14(22)17(13)25)20(10-7-15(23)18(26)16(24)8-10)12-4-2-1-3-11(12)19(27)28-20;;/h1-8,25-26H;;/q;2*+1/p-2. The third kappa shape index (κ3) is 4.74. The minimum absolute atomic E-state index is 0. The van der Waals surface area contributed by atoms with E-state index in [4.69, 9.17) is 4.74 Å². The van der Waals surface area contributed by atoms with Crippen LogP contribution in [0, 0.1) is 14.3 Å². The van der Waals surface area contributed by atoms with Crippen LogP contribution in [0.15, 0.2) is 48.5 Å². The van der Waals surface area contributed by atoms with Crippen LogP contribution in [0.3, 0.4) is 0 Å². The van der Waals surface area contributed by atoms with E-state index in [9.17, 15) is 15.0 Å². The molecule has 0 aromatic heterocycles. The van der Waals surface area contributed by atoms with Gasteiger partial charge in [0.05, 0.1) is 5.56 Å². The zero-order valence-corrected chi connectivity index (χ0v) is 28.4. The summed E-state index contributed by atoms with van der Waals surface area (Å²) in [6, 6.07) is 14.3. The van der Waals surface area contributed by atoms with Crippen molar-refractivity contribution in [3.05, 3.63) is 85.1 Å². The fraction of sp³-hybridized carbons (Fsp3) is 0.0500. The Morgan fingerprint density at radius 1 is 0.733 bits per heavy atom. The minimum Gasteiger partial charge on any atom is -0.871 e. The van der Waals surface area contributed by atoms with E-state index in [1.54, 1.807) is 36.4 Å². The third-order valence-corrected chi connectivity index (χ3v) is 7.79. The van der Waals surface area contributed by atoms with E-state index < -0.39 is 11.6 Å². The Labute approximate surface area is 272 Å². The summed E-state index contributed by atoms with van der Waals surface area (Å²) in [5.74, 6) is -0.545. The third-order valence-electron chi connectivity index (χ3n) is 4.58. The van der Waals surface area contributed by atoms with Gasteiger partial charge in [0.1, 0.15) is 0 Å². The van der Waals surface area contributed by atoms with Gasteiger partial charge < -0.3 is 14.9 Å². The largest absolute Gasteiger partial charge is 1.00 e. The van der Waals surface area contributed by atoms with Gasteiger partial charge in [0.25, 0.3) is 0 Å². The van der Waals surface area contributed by atoms with Crippen LogP contribution in [0.25, 0.3) is 0 Å². The van der Waals surface area contributed by atoms with E-state index in [1.165, 1.54) is 0 Å². The Balaban J connectivity index is 0.00000160. The molecule has 0 fully saturated rings. The molecular formula is C20H8I4Na2O4. The van der Waals surface area contributed by atoms with E-state index in [0.717, 1.165) is 0 Å². The van der Waals surface area contributed by atoms with Gasteiger partial charge in [-0.15, -0.1) is 0 Å². The van der Waals surface area contributed by atoms with E-state index >= 15 is 0 Å². The number of hydrogen-bond donors (Lipinski definition) is 0. The molecule has 0 saturated heterocycles. The number of benzene rings is 3. The summed E-state index contributed by atoms with van der Waals surface area (Å²) in [5.41, 5.74) is 1.34. The smallest absolute Gasteiger partial charge is 0.871 e. The second kappa shape index (κ2) is 10.9. The maximum absolute atomic E-state index is 12.7. The summed E-state index contributed by atoms with van der Waals surface area (Å²) in [7, 11) is 0. The first-order chi connectivity index (χ1) is 13.3. The van der Waals surface area contributed by atoms with E-state index in [2.05, 4.69) is 0 Å². The Morgan fingerprint density at radius 3 is 1.57 bits per heavy atom. The maximum atomic E-state index is 12.7. The molecule has 3 aromatic carbocycles. The summed E-state index contributed by atoms with van der Waals surface area (Å²) in [6.45, 7) is 0. The van der Waals surface area contributed by atoms with Crippen molar-refractivity contribution in [3.63, 3.8) is 0 Å². The van der Waals surface area contributed by atoms with Gasteiger partial charge in [-0.25, -0.2) is 4.79 Å². The van der Waals surface area contributed by atoms with Crippen molar-refractivity contribution in [2.45, 2.75) is 5.60 Å². The molecule has 0 atom stereocenters. The van der Waals surface area contributed by atoms with Crippen molar-refractivity contribution in [2.75, 3.05) is 0 Å². The number of fused-ring (bicyclic) bond motifs is 1. The first kappa shape index (κ1) is 27.9. The quantitative estimate of drug-likeness (QED) is 0.183. The number of rotatable bonds is 2. The molecule has 0 spiro atoms. The SMILES string of the molecule is O=C1OC(c2cc(I)c([O-])c(I)c2)(c2cc(I)c([O-])c(I)c2)c2ccccc21.[Na+].[Na+]. The topological polar surface area (TPSA) is 72.4 Å². The molecule has 0 amide bonds. The van der Waals surface area contributed by atoms with Gasteiger partial charge in [-0.05, 0) is 121 Å². The van der Waals surface area contributed by atoms with Crippen LogP contribution in [0.4, 0.5) is 0 Å².